The first-order chi connectivity index (χ1) is 23.2. The number of aliphatic hydroxyl groups is 1. The molecule has 0 spiro atoms. The zero-order chi connectivity index (χ0) is 37.2. The van der Waals surface area contributed by atoms with Gasteiger partial charge in [0.2, 0.25) is 0 Å². The lowest BCUT2D eigenvalue weighted by molar-refractivity contribution is -0.143. The molecule has 1 aliphatic rings. The molecule has 0 aromatic heterocycles. The predicted octanol–water partition coefficient (Wildman–Crippen LogP) is 9.45. The van der Waals surface area contributed by atoms with Crippen molar-refractivity contribution in [2.45, 2.75) is 89.2 Å². The van der Waals surface area contributed by atoms with Gasteiger partial charge in [0, 0.05) is 30.6 Å². The Labute approximate surface area is 282 Å². The van der Waals surface area contributed by atoms with Crippen LogP contribution in [0.1, 0.15) is 78.5 Å². The molecule has 0 saturated heterocycles. The number of aryl methyl sites for hydroxylation is 1. The topological polar surface area (TPSA) is 79.2 Å². The lowest BCUT2D eigenvalue weighted by Gasteiger charge is -2.43. The molecule has 2 atom stereocenters. The van der Waals surface area contributed by atoms with Crippen molar-refractivity contribution in [3.8, 4) is 22.6 Å². The van der Waals surface area contributed by atoms with Crippen LogP contribution < -0.4 is 9.47 Å². The number of benzene rings is 3. The van der Waals surface area contributed by atoms with Gasteiger partial charge in [-0.3, -0.25) is 9.69 Å². The minimum atomic E-state index is -5.15. The van der Waals surface area contributed by atoms with Crippen molar-refractivity contribution in [3.05, 3.63) is 81.9 Å². The summed E-state index contributed by atoms with van der Waals surface area (Å²) in [6.07, 6.45) is -15.1. The van der Waals surface area contributed by atoms with Gasteiger partial charge in [-0.2, -0.15) is 39.5 Å². The van der Waals surface area contributed by atoms with Crippen LogP contribution in [0.5, 0.6) is 11.5 Å². The molecule has 1 aliphatic carbocycles. The third kappa shape index (κ3) is 9.22. The maximum atomic E-state index is 14.0. The number of hydrogen-bond acceptors (Lipinski definition) is 5. The average Bonchev–Trinajstić information content (AvgIpc) is 3.00. The summed E-state index contributed by atoms with van der Waals surface area (Å²) in [5.74, 6) is -0.422. The Kier molecular flexibility index (Phi) is 11.7. The van der Waals surface area contributed by atoms with Crippen LogP contribution in [0.25, 0.3) is 11.1 Å². The van der Waals surface area contributed by atoms with Crippen molar-refractivity contribution in [2.24, 2.45) is 0 Å². The summed E-state index contributed by atoms with van der Waals surface area (Å²) in [5, 5.41) is 20.2. The van der Waals surface area contributed by atoms with E-state index in [1.165, 1.54) is 20.1 Å². The fourth-order valence-corrected chi connectivity index (χ4v) is 5.90. The maximum absolute atomic E-state index is 14.0. The smallest absolute Gasteiger partial charge is 0.416 e. The number of aliphatic hydroxyl groups excluding tert-OH is 1. The largest absolute Gasteiger partial charge is 0.496 e. The first kappa shape index (κ1) is 38.8. The van der Waals surface area contributed by atoms with E-state index in [0.717, 1.165) is 18.6 Å². The third-order valence-corrected chi connectivity index (χ3v) is 8.84. The Bertz CT molecular complexity index is 1630. The van der Waals surface area contributed by atoms with Crippen LogP contribution in [0.3, 0.4) is 0 Å². The van der Waals surface area contributed by atoms with Crippen molar-refractivity contribution in [1.29, 1.82) is 0 Å². The van der Waals surface area contributed by atoms with Crippen molar-refractivity contribution in [3.63, 3.8) is 0 Å². The van der Waals surface area contributed by atoms with E-state index in [1.807, 2.05) is 0 Å². The molecule has 0 bridgehead atoms. The van der Waals surface area contributed by atoms with Crippen LogP contribution in [0.4, 0.5) is 39.5 Å². The zero-order valence-corrected chi connectivity index (χ0v) is 27.3. The van der Waals surface area contributed by atoms with E-state index in [4.69, 9.17) is 14.6 Å². The van der Waals surface area contributed by atoms with Gasteiger partial charge in [-0.05, 0) is 97.8 Å². The Morgan fingerprint density at radius 1 is 0.860 bits per heavy atom. The van der Waals surface area contributed by atoms with E-state index < -0.39 is 58.9 Å². The number of carbonyl (C=O) groups is 1. The lowest BCUT2D eigenvalue weighted by Crippen LogP contribution is -2.47. The van der Waals surface area contributed by atoms with Gasteiger partial charge < -0.3 is 19.7 Å². The minimum Gasteiger partial charge on any atom is -0.496 e. The monoisotopic (exact) mass is 721 g/mol. The van der Waals surface area contributed by atoms with Crippen molar-refractivity contribution >= 4 is 5.97 Å². The summed E-state index contributed by atoms with van der Waals surface area (Å²) in [6, 6.07) is 5.54. The van der Waals surface area contributed by atoms with Crippen LogP contribution in [0, 0.1) is 6.92 Å². The lowest BCUT2D eigenvalue weighted by atomic mass is 9.87. The van der Waals surface area contributed by atoms with Crippen molar-refractivity contribution in [2.75, 3.05) is 13.7 Å². The SMILES string of the molecule is COc1cc(C)c(OCCCC(=O)O)cc1-c1ccc(C(F)(F)F)cc1CN(C1CCC1)C(C)C(O)c1cc(C(F)(F)F)cc(C(F)(F)F)c1. The van der Waals surface area contributed by atoms with Crippen LogP contribution in [0.2, 0.25) is 0 Å². The molecule has 0 aliphatic heterocycles. The van der Waals surface area contributed by atoms with Gasteiger partial charge in [0.15, 0.2) is 0 Å². The predicted molar refractivity (Wildman–Crippen MR) is 165 cm³/mol. The quantitative estimate of drug-likeness (QED) is 0.135. The van der Waals surface area contributed by atoms with Gasteiger partial charge >= 0.3 is 24.5 Å². The summed E-state index contributed by atoms with van der Waals surface area (Å²) in [7, 11) is 1.36. The molecule has 1 fully saturated rings. The fraction of sp³-hybridized carbons (Fsp3) is 0.457. The molecule has 2 N–H and O–H groups in total. The Hall–Kier alpha value is -3.98. The van der Waals surface area contributed by atoms with E-state index in [9.17, 15) is 49.4 Å². The Balaban J connectivity index is 1.80. The summed E-state index contributed by atoms with van der Waals surface area (Å²) >= 11 is 0. The number of ether oxygens (including phenoxy) is 2. The number of rotatable bonds is 13. The van der Waals surface area contributed by atoms with E-state index in [-0.39, 0.29) is 55.0 Å². The number of halogens is 9. The van der Waals surface area contributed by atoms with Gasteiger partial charge in [0.1, 0.15) is 11.5 Å². The number of carboxylic acids is 1. The first-order valence-corrected chi connectivity index (χ1v) is 15.7. The number of methoxy groups -OCH3 is 1. The van der Waals surface area contributed by atoms with E-state index in [0.29, 0.717) is 41.9 Å². The van der Waals surface area contributed by atoms with Gasteiger partial charge in [0.25, 0.3) is 0 Å². The number of hydrogen-bond donors (Lipinski definition) is 2. The molecule has 4 rings (SSSR count). The standard InChI is InChI=1S/C35H36F9NO5/c1-19-12-30(49-3)28(17-29(19)50-11-5-8-31(46)47)27-10-9-23(33(36,37)38)15-22(27)18-45(26-6-4-7-26)20(2)32(48)21-13-24(34(39,40)41)16-25(14-21)35(42,43)44/h9-10,12-17,20,26,32,48H,4-8,11,18H2,1-3H3,(H,46,47). The molecular weight excluding hydrogens is 685 g/mol. The van der Waals surface area contributed by atoms with Gasteiger partial charge in [-0.25, -0.2) is 0 Å². The summed E-state index contributed by atoms with van der Waals surface area (Å²) in [6.45, 7) is 2.87. The molecule has 0 heterocycles. The highest BCUT2D eigenvalue weighted by Gasteiger charge is 2.40. The zero-order valence-electron chi connectivity index (χ0n) is 27.3. The second-order valence-electron chi connectivity index (χ2n) is 12.3. The number of aliphatic carboxylic acids is 1. The van der Waals surface area contributed by atoms with Gasteiger partial charge in [0.05, 0.1) is 36.5 Å². The number of alkyl halides is 9. The second-order valence-corrected chi connectivity index (χ2v) is 12.3. The first-order valence-electron chi connectivity index (χ1n) is 15.7. The molecule has 50 heavy (non-hydrogen) atoms. The van der Waals surface area contributed by atoms with E-state index in [2.05, 4.69) is 0 Å². The van der Waals surface area contributed by atoms with Crippen molar-refractivity contribution < 1.29 is 64.0 Å². The summed E-state index contributed by atoms with van der Waals surface area (Å²) < 4.78 is 135. The maximum Gasteiger partial charge on any atom is 0.416 e. The molecule has 1 saturated carbocycles. The molecule has 6 nitrogen and oxygen atoms in total. The van der Waals surface area contributed by atoms with E-state index in [1.54, 1.807) is 24.0 Å². The normalized spacial score (nSPS) is 15.5. The fourth-order valence-electron chi connectivity index (χ4n) is 5.90. The Morgan fingerprint density at radius 2 is 1.46 bits per heavy atom. The molecule has 0 radical (unpaired) electrons. The molecule has 274 valence electrons. The minimum absolute atomic E-state index is 0.0369. The summed E-state index contributed by atoms with van der Waals surface area (Å²) in [5.41, 5.74) is -3.54. The number of carboxylic acid groups (broad SMARTS) is 1. The van der Waals surface area contributed by atoms with Gasteiger partial charge in [-0.15, -0.1) is 0 Å². The van der Waals surface area contributed by atoms with Crippen LogP contribution in [0.15, 0.2) is 48.5 Å². The Morgan fingerprint density at radius 3 is 1.96 bits per heavy atom. The molecule has 3 aromatic rings. The second kappa shape index (κ2) is 15.1. The highest BCUT2D eigenvalue weighted by molar-refractivity contribution is 5.76. The highest BCUT2D eigenvalue weighted by Crippen LogP contribution is 2.43. The average molecular weight is 722 g/mol. The van der Waals surface area contributed by atoms with Crippen LogP contribution >= 0.6 is 0 Å². The molecule has 15 heteroatoms. The molecular formula is C35H36F9NO5. The van der Waals surface area contributed by atoms with Crippen molar-refractivity contribution in [1.82, 2.24) is 4.90 Å². The molecule has 3 aromatic carbocycles. The highest BCUT2D eigenvalue weighted by atomic mass is 19.4. The van der Waals surface area contributed by atoms with Crippen LogP contribution in [-0.4, -0.2) is 46.9 Å². The van der Waals surface area contributed by atoms with E-state index >= 15 is 0 Å². The third-order valence-electron chi connectivity index (χ3n) is 8.84. The summed E-state index contributed by atoms with van der Waals surface area (Å²) in [4.78, 5) is 12.5. The van der Waals surface area contributed by atoms with Gasteiger partial charge in [-0.1, -0.05) is 12.5 Å². The molecule has 0 amide bonds. The molecule has 2 unspecified atom stereocenters. The number of nitrogens with zero attached hydrogens (tertiary/aromatic N) is 1. The van der Waals surface area contributed by atoms with Crippen LogP contribution in [-0.2, 0) is 29.9 Å².